The summed E-state index contributed by atoms with van der Waals surface area (Å²) in [5.41, 5.74) is 2.73. The van der Waals surface area contributed by atoms with Crippen LogP contribution in [-0.4, -0.2) is 33.7 Å². The number of fused-ring (bicyclic) bond motifs is 1. The van der Waals surface area contributed by atoms with Crippen molar-refractivity contribution in [1.29, 1.82) is 0 Å². The van der Waals surface area contributed by atoms with Crippen LogP contribution in [0.4, 0.5) is 23.7 Å². The molecule has 34 heavy (non-hydrogen) atoms. The smallest absolute Gasteiger partial charge is 0.324 e. The Hall–Kier alpha value is -3.34. The fraction of sp³-hybridized carbons (Fsp3) is 0.261. The highest BCUT2D eigenvalue weighted by molar-refractivity contribution is 9.10. The van der Waals surface area contributed by atoms with E-state index in [1.165, 1.54) is 0 Å². The van der Waals surface area contributed by atoms with Gasteiger partial charge in [0.25, 0.3) is 5.91 Å². The van der Waals surface area contributed by atoms with Crippen LogP contribution >= 0.6 is 15.9 Å². The number of hydrogen-bond acceptors (Lipinski definition) is 3. The molecule has 0 atom stereocenters. The zero-order valence-electron chi connectivity index (χ0n) is 18.6. The molecule has 1 aromatic heterocycles. The van der Waals surface area contributed by atoms with Crippen molar-refractivity contribution in [3.63, 3.8) is 0 Å². The molecule has 0 saturated heterocycles. The van der Waals surface area contributed by atoms with Gasteiger partial charge in [-0.25, -0.2) is 18.0 Å². The molecule has 2 aromatic carbocycles. The molecule has 0 aliphatic carbocycles. The highest BCUT2D eigenvalue weighted by Gasteiger charge is 2.30. The molecular formula is C23H21BrF3N5O2. The summed E-state index contributed by atoms with van der Waals surface area (Å²) in [7, 11) is 3.47. The Kier molecular flexibility index (Phi) is 6.39. The molecule has 4 rings (SSSR count). The van der Waals surface area contributed by atoms with Gasteiger partial charge in [-0.2, -0.15) is 5.10 Å². The molecule has 1 N–H and O–H groups in total. The second-order valence-corrected chi connectivity index (χ2v) is 8.86. The first-order valence-electron chi connectivity index (χ1n) is 10.3. The molecular weight excluding hydrogens is 515 g/mol. The molecule has 11 heteroatoms. The van der Waals surface area contributed by atoms with Gasteiger partial charge in [-0.05, 0) is 40.5 Å². The lowest BCUT2D eigenvalue weighted by atomic mass is 10.0. The van der Waals surface area contributed by atoms with Crippen molar-refractivity contribution in [3.05, 3.63) is 80.3 Å². The van der Waals surface area contributed by atoms with Gasteiger partial charge in [-0.1, -0.05) is 6.07 Å². The van der Waals surface area contributed by atoms with Gasteiger partial charge in [0.05, 0.1) is 28.1 Å². The highest BCUT2D eigenvalue weighted by Crippen LogP contribution is 2.32. The van der Waals surface area contributed by atoms with Crippen LogP contribution < -0.4 is 10.2 Å². The number of anilines is 1. The minimum absolute atomic E-state index is 0.212. The lowest BCUT2D eigenvalue weighted by Crippen LogP contribution is -2.45. The third kappa shape index (κ3) is 4.39. The number of benzene rings is 2. The summed E-state index contributed by atoms with van der Waals surface area (Å²) in [4.78, 5) is 28.9. The summed E-state index contributed by atoms with van der Waals surface area (Å²) in [5.74, 6) is -3.79. The highest BCUT2D eigenvalue weighted by atomic mass is 79.9. The largest absolute Gasteiger partial charge is 0.348 e. The maximum absolute atomic E-state index is 13.9. The summed E-state index contributed by atoms with van der Waals surface area (Å²) in [5, 5.41) is 6.82. The van der Waals surface area contributed by atoms with Crippen LogP contribution in [-0.2, 0) is 26.7 Å². The lowest BCUT2D eigenvalue weighted by Gasteiger charge is -2.35. The van der Waals surface area contributed by atoms with Crippen molar-refractivity contribution in [2.45, 2.75) is 26.6 Å². The summed E-state index contributed by atoms with van der Waals surface area (Å²) >= 11 is 3.52. The number of aromatic nitrogens is 2. The number of carbonyl (C=O) groups excluding carboxylic acids is 2. The summed E-state index contributed by atoms with van der Waals surface area (Å²) < 4.78 is 43.4. The molecule has 7 nitrogen and oxygen atoms in total. The fourth-order valence-corrected chi connectivity index (χ4v) is 4.35. The van der Waals surface area contributed by atoms with E-state index in [1.807, 2.05) is 6.92 Å². The molecule has 0 saturated carbocycles. The van der Waals surface area contributed by atoms with Crippen LogP contribution in [0.1, 0.15) is 32.9 Å². The second-order valence-electron chi connectivity index (χ2n) is 8.07. The van der Waals surface area contributed by atoms with E-state index in [1.54, 1.807) is 46.8 Å². The Morgan fingerprint density at radius 2 is 1.82 bits per heavy atom. The van der Waals surface area contributed by atoms with Gasteiger partial charge in [-0.15, -0.1) is 0 Å². The molecule has 0 spiro atoms. The van der Waals surface area contributed by atoms with Crippen LogP contribution in [0, 0.1) is 24.4 Å². The van der Waals surface area contributed by atoms with Gasteiger partial charge < -0.3 is 10.2 Å². The number of aryl methyl sites for hydroxylation is 2. The molecule has 0 fully saturated rings. The quantitative estimate of drug-likeness (QED) is 0.526. The number of hydrogen-bond donors (Lipinski definition) is 1. The van der Waals surface area contributed by atoms with E-state index >= 15 is 0 Å². The first-order valence-corrected chi connectivity index (χ1v) is 11.1. The maximum Gasteiger partial charge on any atom is 0.324 e. The third-order valence-corrected chi connectivity index (χ3v) is 6.74. The molecule has 2 heterocycles. The number of carbonyl (C=O) groups is 2. The summed E-state index contributed by atoms with van der Waals surface area (Å²) in [6, 6.07) is 5.76. The topological polar surface area (TPSA) is 70.5 Å². The number of nitrogens with one attached hydrogen (secondary N) is 1. The molecule has 1 aliphatic rings. The zero-order chi connectivity index (χ0) is 24.7. The minimum Gasteiger partial charge on any atom is -0.348 e. The van der Waals surface area contributed by atoms with E-state index in [9.17, 15) is 22.8 Å². The van der Waals surface area contributed by atoms with Gasteiger partial charge in [-0.3, -0.25) is 14.4 Å². The predicted molar refractivity (Wildman–Crippen MR) is 123 cm³/mol. The number of amides is 3. The predicted octanol–water partition coefficient (Wildman–Crippen LogP) is 4.41. The van der Waals surface area contributed by atoms with Crippen LogP contribution in [0.5, 0.6) is 0 Å². The SMILES string of the molecule is Cc1nn(C)c(CN2C(=O)N(C)Cc3ccc(C(=O)NCc4c(F)cc(F)cc4F)cc32)c1Br. The third-order valence-electron chi connectivity index (χ3n) is 5.70. The first-order chi connectivity index (χ1) is 16.1. The van der Waals surface area contributed by atoms with Crippen molar-refractivity contribution < 1.29 is 22.8 Å². The van der Waals surface area contributed by atoms with Crippen molar-refractivity contribution in [2.24, 2.45) is 7.05 Å². The van der Waals surface area contributed by atoms with Crippen molar-refractivity contribution in [3.8, 4) is 0 Å². The van der Waals surface area contributed by atoms with E-state index in [0.717, 1.165) is 21.4 Å². The number of rotatable bonds is 5. The Morgan fingerprint density at radius 1 is 1.15 bits per heavy atom. The van der Waals surface area contributed by atoms with E-state index in [2.05, 4.69) is 26.3 Å². The number of urea groups is 1. The average molecular weight is 536 g/mol. The van der Waals surface area contributed by atoms with Crippen molar-refractivity contribution >= 4 is 33.6 Å². The Morgan fingerprint density at radius 3 is 2.44 bits per heavy atom. The molecule has 0 unspecified atom stereocenters. The standard InChI is InChI=1S/C23H21BrF3N5O2/c1-12-21(24)20(31(3)29-12)11-32-19-6-13(4-5-14(19)10-30(2)23(32)34)22(33)28-9-16-17(26)7-15(25)8-18(16)27/h4-8H,9-11H2,1-3H3,(H,28,33). The average Bonchev–Trinajstić information content (AvgIpc) is 3.01. The first kappa shape index (κ1) is 23.8. The summed E-state index contributed by atoms with van der Waals surface area (Å²) in [6.45, 7) is 1.97. The Bertz CT molecular complexity index is 1290. The number of nitrogens with zero attached hydrogens (tertiary/aromatic N) is 4. The van der Waals surface area contributed by atoms with E-state index in [4.69, 9.17) is 0 Å². The molecule has 178 valence electrons. The summed E-state index contributed by atoms with van der Waals surface area (Å²) in [6.07, 6.45) is 0. The van der Waals surface area contributed by atoms with Gasteiger partial charge in [0.2, 0.25) is 0 Å². The lowest BCUT2D eigenvalue weighted by molar-refractivity contribution is 0.0950. The molecule has 1 aliphatic heterocycles. The van der Waals surface area contributed by atoms with E-state index in [0.29, 0.717) is 24.4 Å². The van der Waals surface area contributed by atoms with Crippen LogP contribution in [0.15, 0.2) is 34.8 Å². The van der Waals surface area contributed by atoms with Crippen LogP contribution in [0.2, 0.25) is 0 Å². The van der Waals surface area contributed by atoms with Crippen LogP contribution in [0.25, 0.3) is 0 Å². The zero-order valence-corrected chi connectivity index (χ0v) is 20.2. The fourth-order valence-electron chi connectivity index (χ4n) is 3.89. The number of halogens is 4. The normalized spacial score (nSPS) is 13.3. The molecule has 3 amide bonds. The molecule has 3 aromatic rings. The Labute approximate surface area is 202 Å². The Balaban J connectivity index is 1.61. The molecule has 0 radical (unpaired) electrons. The maximum atomic E-state index is 13.9. The van der Waals surface area contributed by atoms with Gasteiger partial charge >= 0.3 is 6.03 Å². The molecule has 0 bridgehead atoms. The van der Waals surface area contributed by atoms with Crippen molar-refractivity contribution in [2.75, 3.05) is 11.9 Å². The minimum atomic E-state index is -1.08. The monoisotopic (exact) mass is 535 g/mol. The van der Waals surface area contributed by atoms with E-state index < -0.39 is 35.5 Å². The van der Waals surface area contributed by atoms with E-state index in [-0.39, 0.29) is 18.1 Å². The van der Waals surface area contributed by atoms with Gasteiger partial charge in [0.1, 0.15) is 17.5 Å². The van der Waals surface area contributed by atoms with Crippen LogP contribution in [0.3, 0.4) is 0 Å². The van der Waals surface area contributed by atoms with Gasteiger partial charge in [0.15, 0.2) is 0 Å². The van der Waals surface area contributed by atoms with Crippen molar-refractivity contribution in [1.82, 2.24) is 20.0 Å². The van der Waals surface area contributed by atoms with Gasteiger partial charge in [0, 0.05) is 50.4 Å². The second kappa shape index (κ2) is 9.13.